The van der Waals surface area contributed by atoms with Gasteiger partial charge >= 0.3 is 0 Å². The summed E-state index contributed by atoms with van der Waals surface area (Å²) in [6, 6.07) is 13.4. The summed E-state index contributed by atoms with van der Waals surface area (Å²) in [5.41, 5.74) is 6.38. The molecule has 6 nitrogen and oxygen atoms in total. The third kappa shape index (κ3) is 3.32. The molecule has 112 valence electrons. The second-order valence-corrected chi connectivity index (χ2v) is 4.56. The number of aromatic amines is 1. The Morgan fingerprint density at radius 2 is 1.91 bits per heavy atom. The Bertz CT molecular complexity index is 757. The predicted octanol–water partition coefficient (Wildman–Crippen LogP) is 2.93. The minimum absolute atomic E-state index is 0.248. The highest BCUT2D eigenvalue weighted by molar-refractivity contribution is 5.40. The van der Waals surface area contributed by atoms with Gasteiger partial charge in [-0.05, 0) is 30.3 Å². The molecule has 0 atom stereocenters. The quantitative estimate of drug-likeness (QED) is 0.674. The van der Waals surface area contributed by atoms with Crippen LogP contribution < -0.4 is 15.8 Å². The zero-order valence-corrected chi connectivity index (χ0v) is 11.6. The number of ether oxygens (including phenoxy) is 1. The number of nitrogens with zero attached hydrogens (tertiary/aromatic N) is 2. The van der Waals surface area contributed by atoms with Gasteiger partial charge < -0.3 is 15.8 Å². The maximum atomic E-state index is 12.9. The molecule has 0 aliphatic rings. The summed E-state index contributed by atoms with van der Waals surface area (Å²) in [7, 11) is 0. The number of halogens is 1. The van der Waals surface area contributed by atoms with Gasteiger partial charge in [0.25, 0.3) is 0 Å². The molecule has 0 saturated heterocycles. The SMILES string of the molecule is Nc1nc(NCc2ccccc2Oc2ccc(F)cc2)n[nH]1. The molecule has 0 unspecified atom stereocenters. The Morgan fingerprint density at radius 1 is 1.14 bits per heavy atom. The van der Waals surface area contributed by atoms with Crippen molar-refractivity contribution in [1.29, 1.82) is 0 Å². The maximum absolute atomic E-state index is 12.9. The van der Waals surface area contributed by atoms with Crippen LogP contribution in [0.2, 0.25) is 0 Å². The molecule has 3 rings (SSSR count). The van der Waals surface area contributed by atoms with Gasteiger partial charge in [0.1, 0.15) is 17.3 Å². The van der Waals surface area contributed by atoms with Crippen molar-refractivity contribution in [3.8, 4) is 11.5 Å². The van der Waals surface area contributed by atoms with E-state index >= 15 is 0 Å². The van der Waals surface area contributed by atoms with Crippen LogP contribution in [0.4, 0.5) is 16.3 Å². The van der Waals surface area contributed by atoms with Crippen LogP contribution in [0.25, 0.3) is 0 Å². The molecule has 0 bridgehead atoms. The van der Waals surface area contributed by atoms with Crippen LogP contribution in [-0.4, -0.2) is 15.2 Å². The molecule has 0 amide bonds. The summed E-state index contributed by atoms with van der Waals surface area (Å²) in [6.45, 7) is 0.467. The van der Waals surface area contributed by atoms with E-state index in [0.717, 1.165) is 5.56 Å². The molecule has 0 aliphatic carbocycles. The van der Waals surface area contributed by atoms with Gasteiger partial charge in [0.05, 0.1) is 0 Å². The first-order valence-electron chi connectivity index (χ1n) is 6.64. The number of aromatic nitrogens is 3. The van der Waals surface area contributed by atoms with E-state index in [1.54, 1.807) is 12.1 Å². The van der Waals surface area contributed by atoms with E-state index in [1.165, 1.54) is 12.1 Å². The maximum Gasteiger partial charge on any atom is 0.243 e. The van der Waals surface area contributed by atoms with Gasteiger partial charge in [0.15, 0.2) is 0 Å². The highest BCUT2D eigenvalue weighted by atomic mass is 19.1. The highest BCUT2D eigenvalue weighted by Crippen LogP contribution is 2.25. The summed E-state index contributed by atoms with van der Waals surface area (Å²) in [4.78, 5) is 3.97. The molecular formula is C15H14FN5O. The molecule has 0 spiro atoms. The third-order valence-corrected chi connectivity index (χ3v) is 2.95. The first kappa shape index (κ1) is 13.9. The van der Waals surface area contributed by atoms with E-state index in [9.17, 15) is 4.39 Å². The van der Waals surface area contributed by atoms with Gasteiger partial charge in [-0.2, -0.15) is 4.98 Å². The average Bonchev–Trinajstić information content (AvgIpc) is 2.94. The van der Waals surface area contributed by atoms with Crippen molar-refractivity contribution in [2.75, 3.05) is 11.1 Å². The molecular weight excluding hydrogens is 285 g/mol. The van der Waals surface area contributed by atoms with Gasteiger partial charge in [0.2, 0.25) is 11.9 Å². The lowest BCUT2D eigenvalue weighted by Crippen LogP contribution is -2.03. The van der Waals surface area contributed by atoms with Gasteiger partial charge in [-0.25, -0.2) is 9.49 Å². The largest absolute Gasteiger partial charge is 0.457 e. The molecule has 1 heterocycles. The Kier molecular flexibility index (Phi) is 3.86. The number of benzene rings is 2. The molecule has 1 aromatic heterocycles. The lowest BCUT2D eigenvalue weighted by molar-refractivity contribution is 0.475. The molecule has 0 fully saturated rings. The van der Waals surface area contributed by atoms with Crippen LogP contribution in [-0.2, 0) is 6.54 Å². The second-order valence-electron chi connectivity index (χ2n) is 4.56. The van der Waals surface area contributed by atoms with E-state index in [0.29, 0.717) is 24.0 Å². The van der Waals surface area contributed by atoms with Crippen LogP contribution in [0.15, 0.2) is 48.5 Å². The van der Waals surface area contributed by atoms with E-state index < -0.39 is 0 Å². The zero-order valence-electron chi connectivity index (χ0n) is 11.6. The number of hydrogen-bond acceptors (Lipinski definition) is 5. The topological polar surface area (TPSA) is 88.8 Å². The fraction of sp³-hybridized carbons (Fsp3) is 0.0667. The third-order valence-electron chi connectivity index (χ3n) is 2.95. The second kappa shape index (κ2) is 6.13. The van der Waals surface area contributed by atoms with Crippen molar-refractivity contribution in [2.24, 2.45) is 0 Å². The Labute approximate surface area is 126 Å². The zero-order chi connectivity index (χ0) is 15.4. The van der Waals surface area contributed by atoms with Crippen LogP contribution in [0.3, 0.4) is 0 Å². The van der Waals surface area contributed by atoms with Crippen molar-refractivity contribution in [2.45, 2.75) is 6.54 Å². The normalized spacial score (nSPS) is 10.4. The fourth-order valence-electron chi connectivity index (χ4n) is 1.91. The molecule has 4 N–H and O–H groups in total. The minimum Gasteiger partial charge on any atom is -0.457 e. The highest BCUT2D eigenvalue weighted by Gasteiger charge is 2.06. The molecule has 0 radical (unpaired) electrons. The standard InChI is InChI=1S/C15H14FN5O/c16-11-5-7-12(8-6-11)22-13-4-2-1-3-10(13)9-18-15-19-14(17)20-21-15/h1-8H,9H2,(H4,17,18,19,20,21). The van der Waals surface area contributed by atoms with Gasteiger partial charge in [0, 0.05) is 12.1 Å². The van der Waals surface area contributed by atoms with E-state index in [4.69, 9.17) is 10.5 Å². The van der Waals surface area contributed by atoms with Crippen LogP contribution in [0, 0.1) is 5.82 Å². The minimum atomic E-state index is -0.301. The van der Waals surface area contributed by atoms with Gasteiger partial charge in [-0.1, -0.05) is 18.2 Å². The summed E-state index contributed by atoms with van der Waals surface area (Å²) in [6.07, 6.45) is 0. The Balaban J connectivity index is 1.73. The number of H-pyrrole nitrogens is 1. The summed E-state index contributed by atoms with van der Waals surface area (Å²) in [5, 5.41) is 9.50. The first-order chi connectivity index (χ1) is 10.7. The van der Waals surface area contributed by atoms with Gasteiger partial charge in [-0.3, -0.25) is 0 Å². The van der Waals surface area contributed by atoms with E-state index in [-0.39, 0.29) is 11.8 Å². The smallest absolute Gasteiger partial charge is 0.243 e. The summed E-state index contributed by atoms with van der Waals surface area (Å²) < 4.78 is 18.7. The van der Waals surface area contributed by atoms with Crippen molar-refractivity contribution >= 4 is 11.9 Å². The van der Waals surface area contributed by atoms with Crippen LogP contribution in [0.5, 0.6) is 11.5 Å². The summed E-state index contributed by atoms with van der Waals surface area (Å²) >= 11 is 0. The van der Waals surface area contributed by atoms with Crippen LogP contribution in [0.1, 0.15) is 5.56 Å². The summed E-state index contributed by atoms with van der Waals surface area (Å²) in [5.74, 6) is 1.60. The lowest BCUT2D eigenvalue weighted by Gasteiger charge is -2.11. The monoisotopic (exact) mass is 299 g/mol. The van der Waals surface area contributed by atoms with E-state index in [2.05, 4.69) is 20.5 Å². The predicted molar refractivity (Wildman–Crippen MR) is 81.0 cm³/mol. The Morgan fingerprint density at radius 3 is 2.64 bits per heavy atom. The number of anilines is 2. The van der Waals surface area contributed by atoms with E-state index in [1.807, 2.05) is 24.3 Å². The van der Waals surface area contributed by atoms with Crippen molar-refractivity contribution in [3.63, 3.8) is 0 Å². The first-order valence-corrected chi connectivity index (χ1v) is 6.64. The van der Waals surface area contributed by atoms with Crippen molar-refractivity contribution in [1.82, 2.24) is 15.2 Å². The fourth-order valence-corrected chi connectivity index (χ4v) is 1.91. The van der Waals surface area contributed by atoms with Crippen LogP contribution >= 0.6 is 0 Å². The molecule has 7 heteroatoms. The lowest BCUT2D eigenvalue weighted by atomic mass is 10.2. The number of rotatable bonds is 5. The number of nitrogens with one attached hydrogen (secondary N) is 2. The average molecular weight is 299 g/mol. The molecule has 22 heavy (non-hydrogen) atoms. The molecule has 0 aliphatic heterocycles. The molecule has 0 saturated carbocycles. The van der Waals surface area contributed by atoms with Crippen molar-refractivity contribution in [3.05, 3.63) is 59.9 Å². The molecule has 2 aromatic carbocycles. The number of hydrogen-bond donors (Lipinski definition) is 3. The van der Waals surface area contributed by atoms with Gasteiger partial charge in [-0.15, -0.1) is 5.10 Å². The number of nitrogens with two attached hydrogens (primary N) is 1. The van der Waals surface area contributed by atoms with Crippen molar-refractivity contribution < 1.29 is 9.13 Å². The Hall–Kier alpha value is -3.09. The molecule has 3 aromatic rings. The number of nitrogen functional groups attached to an aromatic ring is 1. The number of para-hydroxylation sites is 1.